The van der Waals surface area contributed by atoms with Crippen molar-refractivity contribution in [3.05, 3.63) is 48.2 Å². The molecule has 0 aliphatic carbocycles. The molecule has 0 heterocycles. The molecule has 0 atom stereocenters. The zero-order chi connectivity index (χ0) is 13.1. The van der Waals surface area contributed by atoms with E-state index in [1.165, 1.54) is 18.3 Å². The van der Waals surface area contributed by atoms with Gasteiger partial charge in [0.1, 0.15) is 0 Å². The maximum absolute atomic E-state index is 13.1. The van der Waals surface area contributed by atoms with Crippen molar-refractivity contribution in [2.24, 2.45) is 4.99 Å². The molecule has 1 aromatic rings. The third-order valence-electron chi connectivity index (χ3n) is 2.22. The molecule has 90 valence electrons. The molecule has 0 bridgehead atoms. The first-order valence-electron chi connectivity index (χ1n) is 4.77. The maximum atomic E-state index is 13.1. The molecule has 1 rings (SSSR count). The second kappa shape index (κ2) is 4.86. The van der Waals surface area contributed by atoms with Gasteiger partial charge in [-0.05, 0) is 12.5 Å². The van der Waals surface area contributed by atoms with Crippen molar-refractivity contribution in [3.8, 4) is 0 Å². The molecular formula is C12H11F2NO2. The van der Waals surface area contributed by atoms with Gasteiger partial charge >= 0.3 is 11.9 Å². The average molecular weight is 239 g/mol. The Kier molecular flexibility index (Phi) is 3.73. The smallest absolute Gasteiger partial charge is 0.379 e. The van der Waals surface area contributed by atoms with Crippen LogP contribution in [0.4, 0.5) is 8.78 Å². The molecule has 0 unspecified atom stereocenters. The van der Waals surface area contributed by atoms with Crippen LogP contribution < -0.4 is 0 Å². The van der Waals surface area contributed by atoms with Crippen LogP contribution in [0, 0.1) is 0 Å². The summed E-state index contributed by atoms with van der Waals surface area (Å²) in [6.07, 6.45) is 1.34. The third kappa shape index (κ3) is 2.75. The van der Waals surface area contributed by atoms with Crippen LogP contribution in [0.2, 0.25) is 0 Å². The molecular weight excluding hydrogens is 228 g/mol. The number of benzene rings is 1. The van der Waals surface area contributed by atoms with Gasteiger partial charge in [-0.25, -0.2) is 4.79 Å². The molecule has 0 aliphatic rings. The average Bonchev–Trinajstić information content (AvgIpc) is 2.29. The van der Waals surface area contributed by atoms with Crippen LogP contribution in [-0.4, -0.2) is 16.8 Å². The first-order chi connectivity index (χ1) is 7.89. The molecule has 17 heavy (non-hydrogen) atoms. The predicted octanol–water partition coefficient (Wildman–Crippen LogP) is 2.82. The summed E-state index contributed by atoms with van der Waals surface area (Å²) in [5, 5.41) is 8.37. The van der Waals surface area contributed by atoms with Crippen molar-refractivity contribution < 1.29 is 18.7 Å². The van der Waals surface area contributed by atoms with Crippen molar-refractivity contribution in [2.45, 2.75) is 12.8 Å². The van der Waals surface area contributed by atoms with Crippen LogP contribution in [0.5, 0.6) is 0 Å². The number of aliphatic imine (C=N–C) groups is 1. The number of carboxylic acids is 1. The lowest BCUT2D eigenvalue weighted by Crippen LogP contribution is -2.25. The van der Waals surface area contributed by atoms with Crippen molar-refractivity contribution in [2.75, 3.05) is 0 Å². The number of halogens is 2. The van der Waals surface area contributed by atoms with Crippen molar-refractivity contribution in [3.63, 3.8) is 0 Å². The summed E-state index contributed by atoms with van der Waals surface area (Å²) in [7, 11) is 0. The van der Waals surface area contributed by atoms with Gasteiger partial charge in [-0.15, -0.1) is 0 Å². The summed E-state index contributed by atoms with van der Waals surface area (Å²) >= 11 is 0. The SMILES string of the molecule is C=CN=C(C)c1ccc(C(F)(F)C(=O)O)cc1. The Morgan fingerprint density at radius 3 is 2.35 bits per heavy atom. The minimum Gasteiger partial charge on any atom is -0.477 e. The molecule has 0 saturated heterocycles. The van der Waals surface area contributed by atoms with E-state index in [2.05, 4.69) is 11.6 Å². The summed E-state index contributed by atoms with van der Waals surface area (Å²) in [5.41, 5.74) is 0.695. The minimum absolute atomic E-state index is 0.555. The van der Waals surface area contributed by atoms with Gasteiger partial charge in [-0.1, -0.05) is 30.8 Å². The molecule has 0 amide bonds. The number of aliphatic carboxylic acids is 1. The second-order valence-corrected chi connectivity index (χ2v) is 3.35. The lowest BCUT2D eigenvalue weighted by Gasteiger charge is -2.11. The number of carboxylic acid groups (broad SMARTS) is 1. The zero-order valence-corrected chi connectivity index (χ0v) is 9.15. The highest BCUT2D eigenvalue weighted by Crippen LogP contribution is 2.28. The second-order valence-electron chi connectivity index (χ2n) is 3.35. The standard InChI is InChI=1S/C12H11F2NO2/c1-3-15-8(2)9-4-6-10(7-5-9)12(13,14)11(16)17/h3-7H,1H2,2H3,(H,16,17). The van der Waals surface area contributed by atoms with Gasteiger partial charge < -0.3 is 5.11 Å². The Balaban J connectivity index is 3.08. The highest BCUT2D eigenvalue weighted by molar-refractivity contribution is 5.99. The zero-order valence-electron chi connectivity index (χ0n) is 9.15. The fourth-order valence-electron chi connectivity index (χ4n) is 1.26. The maximum Gasteiger partial charge on any atom is 0.379 e. The lowest BCUT2D eigenvalue weighted by atomic mass is 10.0. The van der Waals surface area contributed by atoms with Gasteiger partial charge in [-0.2, -0.15) is 8.78 Å². The molecule has 0 saturated carbocycles. The van der Waals surface area contributed by atoms with Crippen LogP contribution in [-0.2, 0) is 10.7 Å². The van der Waals surface area contributed by atoms with Crippen molar-refractivity contribution in [1.82, 2.24) is 0 Å². The number of rotatable bonds is 4. The molecule has 0 fully saturated rings. The largest absolute Gasteiger partial charge is 0.477 e. The minimum atomic E-state index is -3.87. The summed E-state index contributed by atoms with van der Waals surface area (Å²) in [6.45, 7) is 5.12. The number of hydrogen-bond donors (Lipinski definition) is 1. The van der Waals surface area contributed by atoms with Crippen LogP contribution in [0.15, 0.2) is 42.0 Å². The Morgan fingerprint density at radius 2 is 1.94 bits per heavy atom. The monoisotopic (exact) mass is 239 g/mol. The number of alkyl halides is 2. The lowest BCUT2D eigenvalue weighted by molar-refractivity contribution is -0.166. The predicted molar refractivity (Wildman–Crippen MR) is 60.4 cm³/mol. The highest BCUT2D eigenvalue weighted by atomic mass is 19.3. The van der Waals surface area contributed by atoms with E-state index >= 15 is 0 Å². The van der Waals surface area contributed by atoms with Crippen LogP contribution in [0.3, 0.4) is 0 Å². The van der Waals surface area contributed by atoms with Gasteiger partial charge in [0, 0.05) is 17.5 Å². The van der Waals surface area contributed by atoms with Gasteiger partial charge in [0.25, 0.3) is 0 Å². The number of nitrogens with zero attached hydrogens (tertiary/aromatic N) is 1. The molecule has 5 heteroatoms. The van der Waals surface area contributed by atoms with E-state index in [-0.39, 0.29) is 0 Å². The Hall–Kier alpha value is -2.04. The van der Waals surface area contributed by atoms with E-state index < -0.39 is 17.5 Å². The van der Waals surface area contributed by atoms with Crippen LogP contribution >= 0.6 is 0 Å². The van der Waals surface area contributed by atoms with Crippen LogP contribution in [0.1, 0.15) is 18.1 Å². The molecule has 3 nitrogen and oxygen atoms in total. The van der Waals surface area contributed by atoms with E-state index in [1.807, 2.05) is 0 Å². The van der Waals surface area contributed by atoms with Gasteiger partial charge in [-0.3, -0.25) is 4.99 Å². The van der Waals surface area contributed by atoms with Crippen LogP contribution in [0.25, 0.3) is 0 Å². The molecule has 1 N–H and O–H groups in total. The normalized spacial score (nSPS) is 12.3. The highest BCUT2D eigenvalue weighted by Gasteiger charge is 2.40. The van der Waals surface area contributed by atoms with E-state index in [1.54, 1.807) is 6.92 Å². The van der Waals surface area contributed by atoms with Gasteiger partial charge in [0.15, 0.2) is 0 Å². The molecule has 0 spiro atoms. The molecule has 1 aromatic carbocycles. The first-order valence-corrected chi connectivity index (χ1v) is 4.77. The fourth-order valence-corrected chi connectivity index (χ4v) is 1.26. The Morgan fingerprint density at radius 1 is 1.41 bits per heavy atom. The molecule has 0 radical (unpaired) electrons. The number of hydrogen-bond acceptors (Lipinski definition) is 2. The topological polar surface area (TPSA) is 49.7 Å². The summed E-state index contributed by atoms with van der Waals surface area (Å²) in [5.74, 6) is -6.04. The summed E-state index contributed by atoms with van der Waals surface area (Å²) in [6, 6.07) is 4.94. The summed E-state index contributed by atoms with van der Waals surface area (Å²) < 4.78 is 26.2. The first kappa shape index (κ1) is 13.0. The van der Waals surface area contributed by atoms with E-state index in [9.17, 15) is 13.6 Å². The van der Waals surface area contributed by atoms with E-state index in [0.717, 1.165) is 12.1 Å². The third-order valence-corrected chi connectivity index (χ3v) is 2.22. The van der Waals surface area contributed by atoms with Crippen molar-refractivity contribution >= 4 is 11.7 Å². The van der Waals surface area contributed by atoms with E-state index in [4.69, 9.17) is 5.11 Å². The summed E-state index contributed by atoms with van der Waals surface area (Å²) in [4.78, 5) is 14.3. The molecule has 0 aliphatic heterocycles. The Labute approximate surface area is 97.1 Å². The fraction of sp³-hybridized carbons (Fsp3) is 0.167. The van der Waals surface area contributed by atoms with Gasteiger partial charge in [0.2, 0.25) is 0 Å². The quantitative estimate of drug-likeness (QED) is 0.821. The Bertz CT molecular complexity index is 464. The van der Waals surface area contributed by atoms with Crippen molar-refractivity contribution in [1.29, 1.82) is 0 Å². The number of carbonyl (C=O) groups is 1. The molecule has 0 aromatic heterocycles. The van der Waals surface area contributed by atoms with Gasteiger partial charge in [0.05, 0.1) is 0 Å². The van der Waals surface area contributed by atoms with E-state index in [0.29, 0.717) is 11.3 Å².